The monoisotopic (exact) mass is 850 g/mol. The summed E-state index contributed by atoms with van der Waals surface area (Å²) in [6.45, 7) is 4.34. The van der Waals surface area contributed by atoms with Gasteiger partial charge in [-0.05, 0) is 135 Å². The first-order valence-corrected chi connectivity index (χ1v) is 23.2. The van der Waals surface area contributed by atoms with E-state index in [1.54, 1.807) is 0 Å². The van der Waals surface area contributed by atoms with Crippen LogP contribution in [0.4, 0.5) is 28.4 Å². The minimum absolute atomic E-state index is 0.184. The molecule has 0 radical (unpaired) electrons. The summed E-state index contributed by atoms with van der Waals surface area (Å²) in [5.74, 6) is 0. The summed E-state index contributed by atoms with van der Waals surface area (Å²) in [5.41, 5.74) is 16.8. The number of anilines is 5. The third-order valence-corrected chi connectivity index (χ3v) is 13.7. The number of rotatable bonds is 9. The molecule has 0 amide bonds. The second-order valence-electron chi connectivity index (χ2n) is 17.8. The Morgan fingerprint density at radius 1 is 0.455 bits per heavy atom. The third-order valence-electron chi connectivity index (χ3n) is 13.7. The van der Waals surface area contributed by atoms with Crippen LogP contribution in [0.3, 0.4) is 0 Å². The van der Waals surface area contributed by atoms with Crippen LogP contribution in [0.2, 0.25) is 0 Å². The second kappa shape index (κ2) is 16.5. The Bertz CT molecular complexity index is 3550. The van der Waals surface area contributed by atoms with Crippen LogP contribution in [0.5, 0.6) is 0 Å². The summed E-state index contributed by atoms with van der Waals surface area (Å²) < 4.78 is 4.90. The summed E-state index contributed by atoms with van der Waals surface area (Å²) in [6.07, 6.45) is 17.8. The quantitative estimate of drug-likeness (QED) is 0.144. The number of hydrogen-bond donors (Lipinski definition) is 0. The lowest BCUT2D eigenvalue weighted by Gasteiger charge is -2.33. The van der Waals surface area contributed by atoms with Gasteiger partial charge in [0.05, 0.1) is 23.1 Å². The van der Waals surface area contributed by atoms with Gasteiger partial charge in [0.25, 0.3) is 0 Å². The smallest absolute Gasteiger partial charge is 0.0560 e. The fourth-order valence-corrected chi connectivity index (χ4v) is 10.4. The molecule has 0 N–H and O–H groups in total. The molecule has 318 valence electrons. The van der Waals surface area contributed by atoms with Gasteiger partial charge in [-0.1, -0.05) is 145 Å². The minimum atomic E-state index is 0.184. The van der Waals surface area contributed by atoms with Gasteiger partial charge in [0.2, 0.25) is 0 Å². The Morgan fingerprint density at radius 2 is 1.02 bits per heavy atom. The van der Waals surface area contributed by atoms with E-state index in [1.807, 2.05) is 0 Å². The number of allylic oxidation sites excluding steroid dienone is 6. The molecule has 0 fully saturated rings. The molecule has 2 heterocycles. The average Bonchev–Trinajstić information content (AvgIpc) is 3.89. The van der Waals surface area contributed by atoms with E-state index in [0.717, 1.165) is 29.9 Å². The van der Waals surface area contributed by atoms with Gasteiger partial charge in [-0.15, -0.1) is 0 Å². The summed E-state index contributed by atoms with van der Waals surface area (Å²) in [7, 11) is 0. The van der Waals surface area contributed by atoms with Gasteiger partial charge >= 0.3 is 0 Å². The maximum absolute atomic E-state index is 2.51. The zero-order valence-electron chi connectivity index (χ0n) is 37.3. The van der Waals surface area contributed by atoms with Crippen LogP contribution in [0.1, 0.15) is 31.4 Å². The Kier molecular flexibility index (Phi) is 9.87. The van der Waals surface area contributed by atoms with E-state index >= 15 is 0 Å². The topological polar surface area (TPSA) is 16.3 Å². The van der Waals surface area contributed by atoms with Crippen molar-refractivity contribution in [3.8, 4) is 16.8 Å². The predicted molar refractivity (Wildman–Crippen MR) is 280 cm³/mol. The molecule has 66 heavy (non-hydrogen) atoms. The molecule has 4 heteroatoms. The Labute approximate surface area is 386 Å². The molecule has 2 unspecified atom stereocenters. The van der Waals surface area contributed by atoms with E-state index < -0.39 is 0 Å². The summed E-state index contributed by atoms with van der Waals surface area (Å²) >= 11 is 0. The number of para-hydroxylation sites is 3. The molecule has 2 atom stereocenters. The van der Waals surface area contributed by atoms with E-state index in [4.69, 9.17) is 0 Å². The van der Waals surface area contributed by atoms with Crippen molar-refractivity contribution in [2.24, 2.45) is 0 Å². The Balaban J connectivity index is 0.898. The third kappa shape index (κ3) is 6.94. The first-order valence-electron chi connectivity index (χ1n) is 23.2. The SMILES string of the molecule is CC1=CCC(N(c2ccc(-c3ccc(N(c4ccc(C)cc4)c4ccc5c(c4)c4ccccc4n5C4C=CC=CC4)cc3)cc2)c2ccc3c(c2)c2ccccc2n3-c2ccccc2)C=C1. The number of hydrogen-bond acceptors (Lipinski definition) is 2. The van der Waals surface area contributed by atoms with E-state index in [2.05, 4.69) is 263 Å². The minimum Gasteiger partial charge on any atom is -0.334 e. The molecule has 0 bridgehead atoms. The molecule has 0 aliphatic heterocycles. The highest BCUT2D eigenvalue weighted by atomic mass is 15.2. The highest BCUT2D eigenvalue weighted by Crippen LogP contribution is 2.43. The van der Waals surface area contributed by atoms with E-state index in [0.29, 0.717) is 0 Å². The van der Waals surface area contributed by atoms with Crippen molar-refractivity contribution in [2.75, 3.05) is 9.80 Å². The van der Waals surface area contributed by atoms with Crippen molar-refractivity contribution in [2.45, 2.75) is 38.8 Å². The number of aryl methyl sites for hydroxylation is 1. The molecule has 10 aromatic rings. The molecular weight excluding hydrogens is 801 g/mol. The van der Waals surface area contributed by atoms with Gasteiger partial charge in [0.15, 0.2) is 0 Å². The fraction of sp³-hybridized carbons (Fsp3) is 0.0968. The van der Waals surface area contributed by atoms with Gasteiger partial charge in [0.1, 0.15) is 0 Å². The maximum Gasteiger partial charge on any atom is 0.0560 e. The molecule has 4 nitrogen and oxygen atoms in total. The molecule has 2 aromatic heterocycles. The maximum atomic E-state index is 2.51. The molecule has 12 rings (SSSR count). The van der Waals surface area contributed by atoms with E-state index in [9.17, 15) is 0 Å². The molecule has 0 saturated carbocycles. The molecule has 0 saturated heterocycles. The van der Waals surface area contributed by atoms with Crippen LogP contribution < -0.4 is 9.80 Å². The number of aromatic nitrogens is 2. The first-order chi connectivity index (χ1) is 32.6. The van der Waals surface area contributed by atoms with Crippen molar-refractivity contribution in [3.63, 3.8) is 0 Å². The standard InChI is InChI=1S/C62H50N4/c1-43-21-29-49(30-22-43)63(53-37-39-61-57(41-53)55-17-9-11-19-59(55)65(61)47-13-5-3-6-14-47)51-33-25-45(26-34-51)46-27-35-52(36-28-46)64(50-31-23-44(2)24-32-50)54-38-40-62-58(42-54)56-18-10-12-20-60(56)66(62)48-15-7-4-8-16-48/h3-15,17-29,31-42,48-49H,16,30H2,1-2H3. The summed E-state index contributed by atoms with van der Waals surface area (Å²) in [4.78, 5) is 4.90. The predicted octanol–water partition coefficient (Wildman–Crippen LogP) is 16.8. The van der Waals surface area contributed by atoms with Crippen molar-refractivity contribution in [3.05, 3.63) is 242 Å². The lowest BCUT2D eigenvalue weighted by molar-refractivity contribution is 0.648. The summed E-state index contributed by atoms with van der Waals surface area (Å²) in [6, 6.07) is 69.9. The average molecular weight is 851 g/mol. The molecule has 0 spiro atoms. The highest BCUT2D eigenvalue weighted by Gasteiger charge is 2.23. The van der Waals surface area contributed by atoms with Gasteiger partial charge in [-0.25, -0.2) is 0 Å². The Morgan fingerprint density at radius 3 is 1.71 bits per heavy atom. The van der Waals surface area contributed by atoms with Crippen LogP contribution in [0.15, 0.2) is 236 Å². The lowest BCUT2D eigenvalue weighted by Crippen LogP contribution is -2.30. The molecule has 2 aliphatic rings. The van der Waals surface area contributed by atoms with Crippen LogP contribution in [-0.2, 0) is 0 Å². The fourth-order valence-electron chi connectivity index (χ4n) is 10.4. The van der Waals surface area contributed by atoms with Gasteiger partial charge in [-0.2, -0.15) is 0 Å². The van der Waals surface area contributed by atoms with Crippen LogP contribution in [0, 0.1) is 6.92 Å². The molecule has 8 aromatic carbocycles. The molecular formula is C62H50N4. The van der Waals surface area contributed by atoms with Crippen molar-refractivity contribution in [1.82, 2.24) is 9.13 Å². The van der Waals surface area contributed by atoms with Crippen LogP contribution in [0.25, 0.3) is 60.4 Å². The largest absolute Gasteiger partial charge is 0.334 e. The van der Waals surface area contributed by atoms with Gasteiger partial charge in [-0.3, -0.25) is 0 Å². The zero-order chi connectivity index (χ0) is 44.1. The van der Waals surface area contributed by atoms with Crippen molar-refractivity contribution in [1.29, 1.82) is 0 Å². The van der Waals surface area contributed by atoms with Crippen molar-refractivity contribution >= 4 is 72.0 Å². The number of fused-ring (bicyclic) bond motifs is 6. The normalized spacial score (nSPS) is 15.8. The number of benzene rings is 8. The Hall–Kier alpha value is -8.08. The second-order valence-corrected chi connectivity index (χ2v) is 17.8. The van der Waals surface area contributed by atoms with Gasteiger partial charge in [0, 0.05) is 66.7 Å². The highest BCUT2D eigenvalue weighted by molar-refractivity contribution is 6.11. The van der Waals surface area contributed by atoms with E-state index in [-0.39, 0.29) is 12.1 Å². The van der Waals surface area contributed by atoms with Crippen LogP contribution >= 0.6 is 0 Å². The van der Waals surface area contributed by atoms with Crippen LogP contribution in [-0.4, -0.2) is 15.2 Å². The lowest BCUT2D eigenvalue weighted by atomic mass is 9.99. The van der Waals surface area contributed by atoms with E-state index in [1.165, 1.54) is 82.9 Å². The zero-order valence-corrected chi connectivity index (χ0v) is 37.3. The number of nitrogens with zero attached hydrogens (tertiary/aromatic N) is 4. The van der Waals surface area contributed by atoms with Crippen molar-refractivity contribution < 1.29 is 0 Å². The first kappa shape index (κ1) is 39.5. The summed E-state index contributed by atoms with van der Waals surface area (Å²) in [5, 5.41) is 5.05. The molecule has 2 aliphatic carbocycles. The van der Waals surface area contributed by atoms with Gasteiger partial charge < -0.3 is 18.9 Å².